The number of hydrogen-bond acceptors (Lipinski definition) is 3. The molecule has 0 aliphatic rings. The normalized spacial score (nSPS) is 12.2. The number of rotatable bonds is 11. The van der Waals surface area contributed by atoms with Crippen LogP contribution in [-0.2, 0) is 4.79 Å². The molecule has 2 N–H and O–H groups in total. The van der Waals surface area contributed by atoms with Crippen molar-refractivity contribution in [1.29, 1.82) is 0 Å². The van der Waals surface area contributed by atoms with Crippen LogP contribution in [-0.4, -0.2) is 27.3 Å². The molecule has 1 aromatic heterocycles. The second-order valence-electron chi connectivity index (χ2n) is 6.12. The Kier molecular flexibility index (Phi) is 11.5. The van der Waals surface area contributed by atoms with Gasteiger partial charge in [0.25, 0.3) is 0 Å². The molecule has 1 aromatic rings. The Balaban J connectivity index is 2.44. The van der Waals surface area contributed by atoms with Crippen molar-refractivity contribution in [2.45, 2.75) is 64.4 Å². The second kappa shape index (κ2) is 13.9. The van der Waals surface area contributed by atoms with Gasteiger partial charge in [-0.2, -0.15) is 0 Å². The first-order valence-electron chi connectivity index (χ1n) is 9.31. The van der Waals surface area contributed by atoms with Crippen LogP contribution in [0.25, 0.3) is 6.08 Å². The van der Waals surface area contributed by atoms with E-state index in [0.717, 1.165) is 12.1 Å². The van der Waals surface area contributed by atoms with E-state index in [1.165, 1.54) is 19.3 Å². The number of pyridine rings is 1. The van der Waals surface area contributed by atoms with Crippen molar-refractivity contribution in [3.63, 3.8) is 0 Å². The maximum atomic E-state index is 10.5. The van der Waals surface area contributed by atoms with Crippen molar-refractivity contribution in [3.05, 3.63) is 47.8 Å². The summed E-state index contributed by atoms with van der Waals surface area (Å²) in [6, 6.07) is 5.55. The molecule has 1 rings (SSSR count). The van der Waals surface area contributed by atoms with E-state index >= 15 is 0 Å². The number of carbonyl (C=O) groups is 1. The zero-order valence-corrected chi connectivity index (χ0v) is 15.5. The Morgan fingerprint density at radius 3 is 2.77 bits per heavy atom. The highest BCUT2D eigenvalue weighted by molar-refractivity contribution is 5.66. The van der Waals surface area contributed by atoms with Gasteiger partial charge in [0.2, 0.25) is 0 Å². The van der Waals surface area contributed by atoms with Gasteiger partial charge in [-0.05, 0) is 49.8 Å². The van der Waals surface area contributed by atoms with Gasteiger partial charge in [0.05, 0.1) is 5.69 Å². The number of carboxylic acid groups (broad SMARTS) is 1. The van der Waals surface area contributed by atoms with Crippen LogP contribution in [0.4, 0.5) is 0 Å². The molecule has 0 aliphatic carbocycles. The summed E-state index contributed by atoms with van der Waals surface area (Å²) in [7, 11) is 0. The quantitative estimate of drug-likeness (QED) is 0.346. The van der Waals surface area contributed by atoms with Crippen molar-refractivity contribution in [1.82, 2.24) is 4.98 Å². The first-order chi connectivity index (χ1) is 12.6. The van der Waals surface area contributed by atoms with Crippen molar-refractivity contribution >= 4 is 12.0 Å². The predicted octanol–water partition coefficient (Wildman–Crippen LogP) is 4.59. The molecule has 0 saturated heterocycles. The molecule has 0 aliphatic heterocycles. The molecule has 0 spiro atoms. The van der Waals surface area contributed by atoms with Gasteiger partial charge >= 0.3 is 5.97 Å². The zero-order chi connectivity index (χ0) is 19.0. The van der Waals surface area contributed by atoms with Crippen LogP contribution in [0.3, 0.4) is 0 Å². The number of nitrogens with zero attached hydrogens (tertiary/aromatic N) is 1. The lowest BCUT2D eigenvalue weighted by Gasteiger charge is -1.98. The lowest BCUT2D eigenvalue weighted by molar-refractivity contribution is -0.137. The van der Waals surface area contributed by atoms with Gasteiger partial charge in [-0.1, -0.05) is 50.0 Å². The van der Waals surface area contributed by atoms with Crippen LogP contribution in [0.2, 0.25) is 0 Å². The van der Waals surface area contributed by atoms with Gasteiger partial charge < -0.3 is 10.2 Å². The number of aliphatic hydroxyl groups is 1. The van der Waals surface area contributed by atoms with Gasteiger partial charge in [-0.3, -0.25) is 4.79 Å². The minimum absolute atomic E-state index is 0.175. The highest BCUT2D eigenvalue weighted by atomic mass is 16.4. The van der Waals surface area contributed by atoms with Crippen molar-refractivity contribution < 1.29 is 15.0 Å². The van der Waals surface area contributed by atoms with Gasteiger partial charge in [0.1, 0.15) is 11.8 Å². The van der Waals surface area contributed by atoms with Gasteiger partial charge in [-0.15, -0.1) is 0 Å². The lowest BCUT2D eigenvalue weighted by atomic mass is 10.1. The molecule has 4 nitrogen and oxygen atoms in total. The third-order valence-electron chi connectivity index (χ3n) is 3.69. The highest BCUT2D eigenvalue weighted by Crippen LogP contribution is 2.05. The summed E-state index contributed by atoms with van der Waals surface area (Å²) in [5, 5.41) is 18.5. The third kappa shape index (κ3) is 11.2. The first-order valence-corrected chi connectivity index (χ1v) is 9.31. The molecule has 0 aromatic carbocycles. The molecule has 0 amide bonds. The fraction of sp³-hybridized carbons (Fsp3) is 0.455. The molecule has 26 heavy (non-hydrogen) atoms. The molecule has 0 bridgehead atoms. The van der Waals surface area contributed by atoms with E-state index in [-0.39, 0.29) is 6.42 Å². The maximum absolute atomic E-state index is 10.5. The van der Waals surface area contributed by atoms with Crippen LogP contribution in [0.1, 0.15) is 69.7 Å². The molecule has 0 fully saturated rings. The largest absolute Gasteiger partial charge is 0.481 e. The van der Waals surface area contributed by atoms with Crippen molar-refractivity contribution in [2.75, 3.05) is 0 Å². The smallest absolute Gasteiger partial charge is 0.303 e. The van der Waals surface area contributed by atoms with E-state index in [2.05, 4.69) is 29.8 Å². The van der Waals surface area contributed by atoms with Crippen molar-refractivity contribution in [3.8, 4) is 11.8 Å². The average molecular weight is 355 g/mol. The third-order valence-corrected chi connectivity index (χ3v) is 3.69. The number of hydrogen-bond donors (Lipinski definition) is 2. The Morgan fingerprint density at radius 1 is 1.19 bits per heavy atom. The Hall–Kier alpha value is -2.38. The molecule has 140 valence electrons. The van der Waals surface area contributed by atoms with E-state index in [0.29, 0.717) is 25.0 Å². The second-order valence-corrected chi connectivity index (χ2v) is 6.12. The van der Waals surface area contributed by atoms with E-state index in [9.17, 15) is 9.90 Å². The van der Waals surface area contributed by atoms with Crippen LogP contribution < -0.4 is 0 Å². The van der Waals surface area contributed by atoms with Crippen molar-refractivity contribution in [2.24, 2.45) is 0 Å². The van der Waals surface area contributed by atoms with E-state index in [1.54, 1.807) is 0 Å². The monoisotopic (exact) mass is 355 g/mol. The first kappa shape index (κ1) is 21.7. The molecule has 4 heteroatoms. The number of aliphatic hydroxyl groups excluding tert-OH is 1. The SMILES string of the molecule is CCCCC/C=C/CC(O)C#Cc1cccc(/C=C\CCCC(=O)O)n1. The molecule has 1 unspecified atom stereocenters. The topological polar surface area (TPSA) is 70.4 Å². The summed E-state index contributed by atoms with van der Waals surface area (Å²) in [5.41, 5.74) is 1.39. The summed E-state index contributed by atoms with van der Waals surface area (Å²) >= 11 is 0. The van der Waals surface area contributed by atoms with Gasteiger partial charge in [-0.25, -0.2) is 4.98 Å². The summed E-state index contributed by atoms with van der Waals surface area (Å²) in [5.74, 6) is 4.95. The molecular weight excluding hydrogens is 326 g/mol. The highest BCUT2D eigenvalue weighted by Gasteiger charge is 1.97. The summed E-state index contributed by atoms with van der Waals surface area (Å²) in [4.78, 5) is 14.9. The molecule has 0 radical (unpaired) electrons. The summed E-state index contributed by atoms with van der Waals surface area (Å²) < 4.78 is 0. The lowest BCUT2D eigenvalue weighted by Crippen LogP contribution is -2.00. The van der Waals surface area contributed by atoms with Crippen LogP contribution in [0.5, 0.6) is 0 Å². The molecular formula is C22H29NO3. The summed E-state index contributed by atoms with van der Waals surface area (Å²) in [6.07, 6.45) is 13.9. The summed E-state index contributed by atoms with van der Waals surface area (Å²) in [6.45, 7) is 2.18. The molecule has 1 atom stereocenters. The fourth-order valence-corrected chi connectivity index (χ4v) is 2.26. The number of allylic oxidation sites excluding steroid dienone is 2. The standard InChI is InChI=1S/C22H29NO3/c1-2-3-4-5-6-9-15-21(24)18-17-20-14-11-13-19(23-20)12-8-7-10-16-22(25)26/h6,8-9,11-14,21,24H,2-5,7,10,15-16H2,1H3,(H,25,26)/b9-6+,12-8-. The Bertz CT molecular complexity index is 653. The molecule has 0 saturated carbocycles. The van der Waals surface area contributed by atoms with Gasteiger partial charge in [0.15, 0.2) is 0 Å². The minimum Gasteiger partial charge on any atom is -0.481 e. The van der Waals surface area contributed by atoms with E-state index < -0.39 is 12.1 Å². The van der Waals surface area contributed by atoms with Crippen LogP contribution in [0, 0.1) is 11.8 Å². The number of aliphatic carboxylic acids is 1. The Labute approximate surface area is 156 Å². The Morgan fingerprint density at radius 2 is 2.00 bits per heavy atom. The molecule has 1 heterocycles. The number of aromatic nitrogens is 1. The van der Waals surface area contributed by atoms with E-state index in [1.807, 2.05) is 36.4 Å². The van der Waals surface area contributed by atoms with Gasteiger partial charge in [0, 0.05) is 12.8 Å². The predicted molar refractivity (Wildman–Crippen MR) is 106 cm³/mol. The number of carboxylic acids is 1. The van der Waals surface area contributed by atoms with E-state index in [4.69, 9.17) is 5.11 Å². The zero-order valence-electron chi connectivity index (χ0n) is 15.5. The average Bonchev–Trinajstić information content (AvgIpc) is 2.63. The van der Waals surface area contributed by atoms with Crippen LogP contribution in [0.15, 0.2) is 36.4 Å². The minimum atomic E-state index is -0.775. The maximum Gasteiger partial charge on any atom is 0.303 e. The van der Waals surface area contributed by atoms with Crippen LogP contribution >= 0.6 is 0 Å². The fourth-order valence-electron chi connectivity index (χ4n) is 2.26. The number of unbranched alkanes of at least 4 members (excludes halogenated alkanes) is 4.